The average Bonchev–Trinajstić information content (AvgIpc) is 3.38. The third-order valence-electron chi connectivity index (χ3n) is 5.45. The van der Waals surface area contributed by atoms with Gasteiger partial charge in [0.25, 0.3) is 11.5 Å². The van der Waals surface area contributed by atoms with E-state index in [0.29, 0.717) is 25.2 Å². The number of amides is 1. The Kier molecular flexibility index (Phi) is 5.61. The fourth-order valence-corrected chi connectivity index (χ4v) is 4.38. The third-order valence-corrected chi connectivity index (χ3v) is 5.92. The number of nitrogens with zero attached hydrogens (tertiary/aromatic N) is 4. The van der Waals surface area contributed by atoms with Crippen molar-refractivity contribution in [2.45, 2.75) is 44.8 Å². The van der Waals surface area contributed by atoms with Crippen molar-refractivity contribution in [3.8, 4) is 5.75 Å². The van der Waals surface area contributed by atoms with Gasteiger partial charge in [-0.15, -0.1) is 0 Å². The number of esters is 1. The Bertz CT molecular complexity index is 966. The number of carbonyl (C=O) groups excluding carboxylic acids is 2. The summed E-state index contributed by atoms with van der Waals surface area (Å²) in [6.45, 7) is 0.977. The number of carbonyl (C=O) groups is 2. The van der Waals surface area contributed by atoms with Gasteiger partial charge in [-0.25, -0.2) is 4.79 Å². The van der Waals surface area contributed by atoms with Gasteiger partial charge in [0.05, 0.1) is 31.1 Å². The van der Waals surface area contributed by atoms with Crippen molar-refractivity contribution in [3.05, 3.63) is 39.6 Å². The summed E-state index contributed by atoms with van der Waals surface area (Å²) in [6, 6.07) is 1.37. The fourth-order valence-electron chi connectivity index (χ4n) is 3.97. The van der Waals surface area contributed by atoms with Crippen molar-refractivity contribution in [2.75, 3.05) is 20.2 Å². The Morgan fingerprint density at radius 2 is 2.00 bits per heavy atom. The standard InChI is InChI=1S/C19H22N4O5S/c1-27-19(26)17-14-6-7-22(18(25)13-11-20-29-21-13)8-9-23(14)16(24)10-15(17)28-12-4-2-3-5-12/h10-12H,2-9H2,1H3. The van der Waals surface area contributed by atoms with E-state index >= 15 is 0 Å². The lowest BCUT2D eigenvalue weighted by molar-refractivity contribution is 0.0590. The Hall–Kier alpha value is -2.75. The van der Waals surface area contributed by atoms with E-state index in [0.717, 1.165) is 37.4 Å². The number of fused-ring (bicyclic) bond motifs is 1. The molecule has 9 nitrogen and oxygen atoms in total. The largest absolute Gasteiger partial charge is 0.489 e. The SMILES string of the molecule is COC(=O)c1c(OC2CCCC2)cc(=O)n2c1CCN(C(=O)c1cnsn1)CC2. The van der Waals surface area contributed by atoms with Gasteiger partial charge < -0.3 is 18.9 Å². The van der Waals surface area contributed by atoms with Gasteiger partial charge >= 0.3 is 5.97 Å². The molecule has 1 saturated carbocycles. The lowest BCUT2D eigenvalue weighted by Crippen LogP contribution is -2.34. The van der Waals surface area contributed by atoms with Gasteiger partial charge in [-0.3, -0.25) is 9.59 Å². The number of ether oxygens (including phenoxy) is 2. The van der Waals surface area contributed by atoms with E-state index in [-0.39, 0.29) is 41.1 Å². The highest BCUT2D eigenvalue weighted by Gasteiger charge is 2.29. The van der Waals surface area contributed by atoms with E-state index in [4.69, 9.17) is 9.47 Å². The molecule has 0 atom stereocenters. The maximum atomic E-state index is 12.8. The molecule has 10 heteroatoms. The van der Waals surface area contributed by atoms with Crippen LogP contribution in [-0.2, 0) is 17.7 Å². The van der Waals surface area contributed by atoms with E-state index in [1.165, 1.54) is 19.4 Å². The molecule has 0 unspecified atom stereocenters. The topological polar surface area (TPSA) is 104 Å². The maximum absolute atomic E-state index is 12.8. The molecule has 0 radical (unpaired) electrons. The molecule has 29 heavy (non-hydrogen) atoms. The van der Waals surface area contributed by atoms with Gasteiger partial charge in [-0.1, -0.05) is 0 Å². The van der Waals surface area contributed by atoms with Gasteiger partial charge in [0.2, 0.25) is 0 Å². The molecule has 3 heterocycles. The molecule has 4 rings (SSSR count). The number of methoxy groups -OCH3 is 1. The molecule has 1 fully saturated rings. The van der Waals surface area contributed by atoms with Gasteiger partial charge in [0, 0.05) is 37.8 Å². The van der Waals surface area contributed by atoms with E-state index in [9.17, 15) is 14.4 Å². The van der Waals surface area contributed by atoms with Crippen molar-refractivity contribution >= 4 is 23.6 Å². The van der Waals surface area contributed by atoms with E-state index < -0.39 is 5.97 Å². The molecule has 1 aliphatic heterocycles. The number of pyridine rings is 1. The predicted molar refractivity (Wildman–Crippen MR) is 104 cm³/mol. The first-order valence-corrected chi connectivity index (χ1v) is 10.4. The van der Waals surface area contributed by atoms with Crippen molar-refractivity contribution < 1.29 is 19.1 Å². The minimum absolute atomic E-state index is 0.00174. The molecule has 2 aliphatic rings. The summed E-state index contributed by atoms with van der Waals surface area (Å²) >= 11 is 0.973. The first-order chi connectivity index (χ1) is 14.1. The van der Waals surface area contributed by atoms with E-state index in [2.05, 4.69) is 8.75 Å². The Labute approximate surface area is 171 Å². The monoisotopic (exact) mass is 418 g/mol. The molecule has 2 aromatic heterocycles. The van der Waals surface area contributed by atoms with Crippen LogP contribution in [0, 0.1) is 0 Å². The van der Waals surface area contributed by atoms with E-state index in [1.807, 2.05) is 0 Å². The molecule has 0 N–H and O–H groups in total. The van der Waals surface area contributed by atoms with Crippen LogP contribution >= 0.6 is 11.7 Å². The average molecular weight is 418 g/mol. The van der Waals surface area contributed by atoms with Crippen molar-refractivity contribution in [2.24, 2.45) is 0 Å². The lowest BCUT2D eigenvalue weighted by Gasteiger charge is -2.19. The number of hydrogen-bond donors (Lipinski definition) is 0. The second-order valence-electron chi connectivity index (χ2n) is 7.17. The highest BCUT2D eigenvalue weighted by Crippen LogP contribution is 2.29. The van der Waals surface area contributed by atoms with Crippen LogP contribution in [0.25, 0.3) is 0 Å². The Morgan fingerprint density at radius 3 is 2.69 bits per heavy atom. The molecule has 0 aromatic carbocycles. The van der Waals surface area contributed by atoms with Crippen LogP contribution in [0.1, 0.15) is 52.2 Å². The van der Waals surface area contributed by atoms with Crippen molar-refractivity contribution in [3.63, 3.8) is 0 Å². The van der Waals surface area contributed by atoms with Gasteiger partial charge in [-0.2, -0.15) is 8.75 Å². The Balaban J connectivity index is 1.67. The molecular weight excluding hydrogens is 396 g/mol. The zero-order chi connectivity index (χ0) is 20.4. The van der Waals surface area contributed by atoms with Crippen LogP contribution in [0.5, 0.6) is 5.75 Å². The lowest BCUT2D eigenvalue weighted by atomic mass is 10.1. The minimum atomic E-state index is -0.537. The molecule has 1 aliphatic carbocycles. The predicted octanol–water partition coefficient (Wildman–Crippen LogP) is 1.51. The van der Waals surface area contributed by atoms with Crippen LogP contribution < -0.4 is 10.3 Å². The molecular formula is C19H22N4O5S. The van der Waals surface area contributed by atoms with Crippen LogP contribution in [0.15, 0.2) is 17.1 Å². The first-order valence-electron chi connectivity index (χ1n) is 9.67. The van der Waals surface area contributed by atoms with E-state index in [1.54, 1.807) is 9.47 Å². The number of hydrogen-bond acceptors (Lipinski definition) is 8. The number of rotatable bonds is 4. The zero-order valence-corrected chi connectivity index (χ0v) is 16.9. The summed E-state index contributed by atoms with van der Waals surface area (Å²) in [5, 5.41) is 0. The molecule has 0 saturated heterocycles. The maximum Gasteiger partial charge on any atom is 0.343 e. The highest BCUT2D eigenvalue weighted by atomic mass is 32.1. The van der Waals surface area contributed by atoms with Crippen LogP contribution in [0.2, 0.25) is 0 Å². The molecule has 0 bridgehead atoms. The van der Waals surface area contributed by atoms with Gasteiger partial charge in [0.15, 0.2) is 5.69 Å². The smallest absolute Gasteiger partial charge is 0.343 e. The molecule has 1 amide bonds. The minimum Gasteiger partial charge on any atom is -0.489 e. The van der Waals surface area contributed by atoms with Crippen molar-refractivity contribution in [1.29, 1.82) is 0 Å². The van der Waals surface area contributed by atoms with Crippen molar-refractivity contribution in [1.82, 2.24) is 18.2 Å². The van der Waals surface area contributed by atoms with Crippen LogP contribution in [0.3, 0.4) is 0 Å². The third kappa shape index (κ3) is 3.89. The summed E-state index contributed by atoms with van der Waals surface area (Å²) < 4.78 is 20.4. The van der Waals surface area contributed by atoms with Gasteiger partial charge in [0.1, 0.15) is 11.3 Å². The normalized spacial score (nSPS) is 16.9. The number of aromatic nitrogens is 3. The Morgan fingerprint density at radius 1 is 1.21 bits per heavy atom. The highest BCUT2D eigenvalue weighted by molar-refractivity contribution is 6.99. The first kappa shape index (κ1) is 19.6. The fraction of sp³-hybridized carbons (Fsp3) is 0.526. The second-order valence-corrected chi connectivity index (χ2v) is 7.73. The summed E-state index contributed by atoms with van der Waals surface area (Å²) in [5.41, 5.74) is 0.865. The molecule has 2 aromatic rings. The summed E-state index contributed by atoms with van der Waals surface area (Å²) in [6.07, 6.45) is 5.73. The summed E-state index contributed by atoms with van der Waals surface area (Å²) in [7, 11) is 1.31. The van der Waals surface area contributed by atoms with Crippen LogP contribution in [0.4, 0.5) is 0 Å². The quantitative estimate of drug-likeness (QED) is 0.693. The summed E-state index contributed by atoms with van der Waals surface area (Å²) in [5.74, 6) is -0.490. The van der Waals surface area contributed by atoms with Gasteiger partial charge in [-0.05, 0) is 25.7 Å². The molecule has 154 valence electrons. The zero-order valence-electron chi connectivity index (χ0n) is 16.1. The summed E-state index contributed by atoms with van der Waals surface area (Å²) in [4.78, 5) is 39.7. The van der Waals surface area contributed by atoms with Crippen LogP contribution in [-0.4, -0.2) is 56.4 Å². The second kappa shape index (κ2) is 8.32. The molecule has 0 spiro atoms.